The molecule has 1 spiro atoms. The van der Waals surface area contributed by atoms with Crippen molar-refractivity contribution < 1.29 is 0 Å². The van der Waals surface area contributed by atoms with Gasteiger partial charge in [0.05, 0.1) is 0 Å². The van der Waals surface area contributed by atoms with Crippen molar-refractivity contribution in [1.82, 2.24) is 14.9 Å². The first-order chi connectivity index (χ1) is 10.2. The van der Waals surface area contributed by atoms with Crippen LogP contribution < -0.4 is 4.90 Å². The Hall–Kier alpha value is -1.46. The van der Waals surface area contributed by atoms with Gasteiger partial charge in [-0.05, 0) is 31.5 Å². The van der Waals surface area contributed by atoms with Gasteiger partial charge in [-0.3, -0.25) is 4.90 Å². The second kappa shape index (κ2) is 5.07. The summed E-state index contributed by atoms with van der Waals surface area (Å²) in [5, 5.41) is 0. The summed E-state index contributed by atoms with van der Waals surface area (Å²) in [5.74, 6) is 0.890. The molecule has 21 heavy (non-hydrogen) atoms. The SMILES string of the molecule is Cc1ccc(CN2CC3(CCN(c4ncccn4)C3)C2)s1. The summed E-state index contributed by atoms with van der Waals surface area (Å²) in [6.45, 7) is 7.93. The molecule has 4 rings (SSSR count). The van der Waals surface area contributed by atoms with E-state index >= 15 is 0 Å². The fraction of sp³-hybridized carbons (Fsp3) is 0.500. The second-order valence-corrected chi connectivity index (χ2v) is 7.75. The standard InChI is InChI=1S/C16H20N4S/c1-13-3-4-14(21-13)9-19-10-16(11-19)5-8-20(12-16)15-17-6-2-7-18-15/h2-4,6-7H,5,8-12H2,1H3. The number of aryl methyl sites for hydroxylation is 1. The predicted molar refractivity (Wildman–Crippen MR) is 85.6 cm³/mol. The Labute approximate surface area is 129 Å². The monoisotopic (exact) mass is 300 g/mol. The van der Waals surface area contributed by atoms with Crippen LogP contribution in [0.1, 0.15) is 16.2 Å². The average molecular weight is 300 g/mol. The van der Waals surface area contributed by atoms with Crippen LogP contribution in [0.3, 0.4) is 0 Å². The third kappa shape index (κ3) is 2.56. The molecule has 0 amide bonds. The normalized spacial score (nSPS) is 20.9. The van der Waals surface area contributed by atoms with Gasteiger partial charge in [0, 0.05) is 60.3 Å². The first-order valence-electron chi connectivity index (χ1n) is 7.52. The summed E-state index contributed by atoms with van der Waals surface area (Å²) in [4.78, 5) is 16.6. The third-order valence-corrected chi connectivity index (χ3v) is 5.55. The highest BCUT2D eigenvalue weighted by molar-refractivity contribution is 7.11. The van der Waals surface area contributed by atoms with Gasteiger partial charge in [0.1, 0.15) is 0 Å². The number of nitrogens with zero attached hydrogens (tertiary/aromatic N) is 4. The molecule has 2 aliphatic rings. The van der Waals surface area contributed by atoms with E-state index in [0.717, 1.165) is 25.6 Å². The van der Waals surface area contributed by atoms with E-state index in [4.69, 9.17) is 0 Å². The first-order valence-corrected chi connectivity index (χ1v) is 8.34. The molecule has 2 fully saturated rings. The van der Waals surface area contributed by atoms with Gasteiger partial charge in [0.15, 0.2) is 0 Å². The van der Waals surface area contributed by atoms with E-state index in [0.29, 0.717) is 5.41 Å². The molecule has 4 nitrogen and oxygen atoms in total. The quantitative estimate of drug-likeness (QED) is 0.872. The van der Waals surface area contributed by atoms with E-state index < -0.39 is 0 Å². The Morgan fingerprint density at radius 1 is 1.19 bits per heavy atom. The van der Waals surface area contributed by atoms with Crippen molar-refractivity contribution in [2.45, 2.75) is 19.9 Å². The average Bonchev–Trinajstić information content (AvgIpc) is 3.07. The van der Waals surface area contributed by atoms with Crippen molar-refractivity contribution >= 4 is 17.3 Å². The largest absolute Gasteiger partial charge is 0.340 e. The molecule has 0 radical (unpaired) electrons. The molecule has 0 aliphatic carbocycles. The molecular weight excluding hydrogens is 280 g/mol. The van der Waals surface area contributed by atoms with Gasteiger partial charge in [0.2, 0.25) is 5.95 Å². The molecule has 2 aliphatic heterocycles. The van der Waals surface area contributed by atoms with Crippen molar-refractivity contribution in [3.63, 3.8) is 0 Å². The molecule has 4 heterocycles. The van der Waals surface area contributed by atoms with Crippen molar-refractivity contribution in [1.29, 1.82) is 0 Å². The first kappa shape index (κ1) is 13.2. The van der Waals surface area contributed by atoms with Crippen LogP contribution in [0.2, 0.25) is 0 Å². The Kier molecular flexibility index (Phi) is 3.19. The Balaban J connectivity index is 1.35. The van der Waals surface area contributed by atoms with Gasteiger partial charge in [0.25, 0.3) is 0 Å². The van der Waals surface area contributed by atoms with Crippen LogP contribution >= 0.6 is 11.3 Å². The Bertz CT molecular complexity index is 618. The van der Waals surface area contributed by atoms with Gasteiger partial charge < -0.3 is 4.90 Å². The summed E-state index contributed by atoms with van der Waals surface area (Å²) >= 11 is 1.92. The minimum absolute atomic E-state index is 0.478. The summed E-state index contributed by atoms with van der Waals surface area (Å²) in [5.41, 5.74) is 0.478. The van der Waals surface area contributed by atoms with E-state index in [1.54, 1.807) is 0 Å². The number of rotatable bonds is 3. The highest BCUT2D eigenvalue weighted by Gasteiger charge is 2.47. The highest BCUT2D eigenvalue weighted by Crippen LogP contribution is 2.41. The van der Waals surface area contributed by atoms with E-state index in [-0.39, 0.29) is 0 Å². The van der Waals surface area contributed by atoms with Crippen molar-refractivity contribution in [2.75, 3.05) is 31.1 Å². The number of hydrogen-bond acceptors (Lipinski definition) is 5. The zero-order chi connectivity index (χ0) is 14.3. The van der Waals surface area contributed by atoms with Crippen LogP contribution in [0.15, 0.2) is 30.6 Å². The molecule has 5 heteroatoms. The smallest absolute Gasteiger partial charge is 0.225 e. The number of aromatic nitrogens is 2. The lowest BCUT2D eigenvalue weighted by molar-refractivity contribution is 0.0124. The van der Waals surface area contributed by atoms with Gasteiger partial charge in [-0.15, -0.1) is 11.3 Å². The van der Waals surface area contributed by atoms with Crippen LogP contribution in [0.4, 0.5) is 5.95 Å². The number of anilines is 1. The molecule has 0 aromatic carbocycles. The zero-order valence-corrected chi connectivity index (χ0v) is 13.1. The molecule has 0 unspecified atom stereocenters. The summed E-state index contributed by atoms with van der Waals surface area (Å²) < 4.78 is 0. The summed E-state index contributed by atoms with van der Waals surface area (Å²) in [6.07, 6.45) is 4.93. The molecule has 2 saturated heterocycles. The molecule has 0 atom stereocenters. The topological polar surface area (TPSA) is 32.3 Å². The van der Waals surface area contributed by atoms with Crippen LogP contribution in [-0.4, -0.2) is 41.0 Å². The van der Waals surface area contributed by atoms with Crippen LogP contribution in [0.5, 0.6) is 0 Å². The van der Waals surface area contributed by atoms with Crippen molar-refractivity contribution in [3.05, 3.63) is 40.3 Å². The van der Waals surface area contributed by atoms with E-state index in [1.807, 2.05) is 29.8 Å². The minimum atomic E-state index is 0.478. The summed E-state index contributed by atoms with van der Waals surface area (Å²) in [7, 11) is 0. The summed E-state index contributed by atoms with van der Waals surface area (Å²) in [6, 6.07) is 6.37. The lowest BCUT2D eigenvalue weighted by Gasteiger charge is -2.48. The fourth-order valence-electron chi connectivity index (χ4n) is 3.62. The third-order valence-electron chi connectivity index (χ3n) is 4.57. The molecule has 110 valence electrons. The number of thiophene rings is 1. The van der Waals surface area contributed by atoms with E-state index in [1.165, 1.54) is 29.3 Å². The zero-order valence-electron chi connectivity index (χ0n) is 12.3. The molecule has 0 N–H and O–H groups in total. The van der Waals surface area contributed by atoms with Gasteiger partial charge in [-0.1, -0.05) is 0 Å². The maximum atomic E-state index is 4.38. The van der Waals surface area contributed by atoms with E-state index in [2.05, 4.69) is 38.8 Å². The molecule has 0 bridgehead atoms. The lowest BCUT2D eigenvalue weighted by Crippen LogP contribution is -2.56. The van der Waals surface area contributed by atoms with Gasteiger partial charge in [-0.2, -0.15) is 0 Å². The maximum Gasteiger partial charge on any atom is 0.225 e. The molecular formula is C16H20N4S. The van der Waals surface area contributed by atoms with Crippen LogP contribution in [0.25, 0.3) is 0 Å². The maximum absolute atomic E-state index is 4.38. The Morgan fingerprint density at radius 3 is 2.71 bits per heavy atom. The van der Waals surface area contributed by atoms with Crippen molar-refractivity contribution in [2.24, 2.45) is 5.41 Å². The van der Waals surface area contributed by atoms with Gasteiger partial charge >= 0.3 is 0 Å². The van der Waals surface area contributed by atoms with Crippen molar-refractivity contribution in [3.8, 4) is 0 Å². The lowest BCUT2D eigenvalue weighted by atomic mass is 9.79. The fourth-order valence-corrected chi connectivity index (χ4v) is 4.56. The number of hydrogen-bond donors (Lipinski definition) is 0. The molecule has 2 aromatic heterocycles. The molecule has 0 saturated carbocycles. The second-order valence-electron chi connectivity index (χ2n) is 6.38. The molecule has 2 aromatic rings. The van der Waals surface area contributed by atoms with Gasteiger partial charge in [-0.25, -0.2) is 9.97 Å². The van der Waals surface area contributed by atoms with E-state index in [9.17, 15) is 0 Å². The minimum Gasteiger partial charge on any atom is -0.340 e. The number of likely N-dealkylation sites (tertiary alicyclic amines) is 1. The Morgan fingerprint density at radius 2 is 2.00 bits per heavy atom. The van der Waals surface area contributed by atoms with Crippen LogP contribution in [-0.2, 0) is 6.54 Å². The predicted octanol–water partition coefficient (Wildman–Crippen LogP) is 2.56. The highest BCUT2D eigenvalue weighted by atomic mass is 32.1. The van der Waals surface area contributed by atoms with Crippen LogP contribution in [0, 0.1) is 12.3 Å².